The highest BCUT2D eigenvalue weighted by atomic mass is 19.1. The molecule has 3 aromatic rings. The summed E-state index contributed by atoms with van der Waals surface area (Å²) in [6.07, 6.45) is 3.06. The second kappa shape index (κ2) is 8.78. The van der Waals surface area contributed by atoms with Crippen LogP contribution in [0.2, 0.25) is 0 Å². The summed E-state index contributed by atoms with van der Waals surface area (Å²) in [5.74, 6) is 0.802. The van der Waals surface area contributed by atoms with E-state index in [4.69, 9.17) is 9.47 Å². The third-order valence-electron chi connectivity index (χ3n) is 4.45. The fourth-order valence-electron chi connectivity index (χ4n) is 2.97. The fourth-order valence-corrected chi connectivity index (χ4v) is 2.97. The van der Waals surface area contributed by atoms with Crippen LogP contribution in [0.15, 0.2) is 48.8 Å². The zero-order chi connectivity index (χ0) is 20.1. The molecular formula is C20H19F2N5O2. The van der Waals surface area contributed by atoms with Gasteiger partial charge in [-0.3, -0.25) is 0 Å². The summed E-state index contributed by atoms with van der Waals surface area (Å²) in [7, 11) is 0. The number of aromatic nitrogens is 3. The van der Waals surface area contributed by atoms with Crippen molar-refractivity contribution in [1.82, 2.24) is 15.0 Å². The predicted molar refractivity (Wildman–Crippen MR) is 105 cm³/mol. The second-order valence-electron chi connectivity index (χ2n) is 6.31. The molecule has 0 bridgehead atoms. The van der Waals surface area contributed by atoms with Gasteiger partial charge in [-0.15, -0.1) is 0 Å². The van der Waals surface area contributed by atoms with E-state index in [1.54, 1.807) is 42.6 Å². The van der Waals surface area contributed by atoms with Crippen molar-refractivity contribution in [3.8, 4) is 16.9 Å². The molecule has 1 aromatic carbocycles. The third kappa shape index (κ3) is 4.57. The second-order valence-corrected chi connectivity index (χ2v) is 6.31. The van der Waals surface area contributed by atoms with E-state index < -0.39 is 12.8 Å². The first-order chi connectivity index (χ1) is 14.2. The van der Waals surface area contributed by atoms with E-state index >= 15 is 0 Å². The van der Waals surface area contributed by atoms with Gasteiger partial charge in [0.15, 0.2) is 0 Å². The van der Waals surface area contributed by atoms with Gasteiger partial charge in [-0.05, 0) is 29.8 Å². The Hall–Kier alpha value is -3.33. The molecular weight excluding hydrogens is 380 g/mol. The largest absolute Gasteiger partial charge is 0.463 e. The minimum atomic E-state index is -0.892. The Bertz CT molecular complexity index is 965. The van der Waals surface area contributed by atoms with Gasteiger partial charge in [0, 0.05) is 31.0 Å². The maximum Gasteiger partial charge on any atom is 0.236 e. The number of ether oxygens (including phenoxy) is 2. The molecule has 0 radical (unpaired) electrons. The minimum absolute atomic E-state index is 0.193. The van der Waals surface area contributed by atoms with Crippen molar-refractivity contribution in [2.45, 2.75) is 0 Å². The number of nitrogens with zero attached hydrogens (tertiary/aromatic N) is 4. The van der Waals surface area contributed by atoms with Crippen molar-refractivity contribution in [3.63, 3.8) is 0 Å². The Labute approximate surface area is 166 Å². The normalized spacial score (nSPS) is 13.9. The molecule has 9 heteroatoms. The summed E-state index contributed by atoms with van der Waals surface area (Å²) in [5.41, 5.74) is 1.69. The number of nitrogens with one attached hydrogen (secondary N) is 1. The van der Waals surface area contributed by atoms with E-state index in [1.807, 2.05) is 4.90 Å². The Kier molecular flexibility index (Phi) is 5.76. The van der Waals surface area contributed by atoms with Crippen LogP contribution in [0.25, 0.3) is 11.1 Å². The Morgan fingerprint density at radius 3 is 2.62 bits per heavy atom. The molecule has 0 aliphatic carbocycles. The highest BCUT2D eigenvalue weighted by Crippen LogP contribution is 2.27. The van der Waals surface area contributed by atoms with E-state index in [1.165, 1.54) is 6.20 Å². The SMILES string of the molecule is FCOc1ccc(-c2cnc(F)c(Nc3ccnc(N4CCOCC4)n3)c2)cc1. The maximum atomic E-state index is 14.3. The van der Waals surface area contributed by atoms with Gasteiger partial charge in [-0.2, -0.15) is 9.37 Å². The molecule has 7 nitrogen and oxygen atoms in total. The van der Waals surface area contributed by atoms with E-state index in [0.29, 0.717) is 49.4 Å². The van der Waals surface area contributed by atoms with Gasteiger partial charge in [0.2, 0.25) is 18.8 Å². The van der Waals surface area contributed by atoms with Gasteiger partial charge >= 0.3 is 0 Å². The van der Waals surface area contributed by atoms with Gasteiger partial charge in [0.05, 0.1) is 18.9 Å². The molecule has 3 heterocycles. The molecule has 0 spiro atoms. The van der Waals surface area contributed by atoms with Crippen LogP contribution in [0, 0.1) is 5.95 Å². The first-order valence-electron chi connectivity index (χ1n) is 9.10. The lowest BCUT2D eigenvalue weighted by Crippen LogP contribution is -2.37. The highest BCUT2D eigenvalue weighted by Gasteiger charge is 2.15. The third-order valence-corrected chi connectivity index (χ3v) is 4.45. The van der Waals surface area contributed by atoms with Crippen molar-refractivity contribution < 1.29 is 18.3 Å². The zero-order valence-electron chi connectivity index (χ0n) is 15.5. The monoisotopic (exact) mass is 399 g/mol. The molecule has 1 aliphatic heterocycles. The van der Waals surface area contributed by atoms with Crippen molar-refractivity contribution >= 4 is 17.5 Å². The predicted octanol–water partition coefficient (Wildman–Crippen LogP) is 3.56. The lowest BCUT2D eigenvalue weighted by atomic mass is 10.1. The van der Waals surface area contributed by atoms with E-state index in [2.05, 4.69) is 20.3 Å². The molecule has 0 saturated carbocycles. The standard InChI is InChI=1S/C20H19F2N5O2/c21-13-29-16-3-1-14(2-4-16)15-11-17(19(22)24-12-15)25-18-5-6-23-20(26-18)27-7-9-28-10-8-27/h1-6,11-12H,7-10,13H2,(H,23,25,26). The number of alkyl halides is 1. The Morgan fingerprint density at radius 1 is 1.07 bits per heavy atom. The summed E-state index contributed by atoms with van der Waals surface area (Å²) >= 11 is 0. The fraction of sp³-hybridized carbons (Fsp3) is 0.250. The van der Waals surface area contributed by atoms with Gasteiger partial charge in [0.1, 0.15) is 11.6 Å². The average Bonchev–Trinajstić information content (AvgIpc) is 2.77. The van der Waals surface area contributed by atoms with Crippen molar-refractivity contribution in [2.75, 3.05) is 43.4 Å². The van der Waals surface area contributed by atoms with Gasteiger partial charge in [-0.25, -0.2) is 14.4 Å². The Morgan fingerprint density at radius 2 is 1.86 bits per heavy atom. The van der Waals surface area contributed by atoms with Crippen LogP contribution in [0.1, 0.15) is 0 Å². The molecule has 0 amide bonds. The van der Waals surface area contributed by atoms with Crippen LogP contribution in [0.4, 0.5) is 26.2 Å². The highest BCUT2D eigenvalue weighted by molar-refractivity contribution is 5.69. The molecule has 1 N–H and O–H groups in total. The number of morpholine rings is 1. The Balaban J connectivity index is 1.55. The van der Waals surface area contributed by atoms with Gasteiger partial charge in [-0.1, -0.05) is 12.1 Å². The van der Waals surface area contributed by atoms with Crippen molar-refractivity contribution in [2.24, 2.45) is 0 Å². The van der Waals surface area contributed by atoms with Crippen LogP contribution in [-0.2, 0) is 4.74 Å². The number of hydrogen-bond acceptors (Lipinski definition) is 7. The van der Waals surface area contributed by atoms with E-state index in [9.17, 15) is 8.78 Å². The summed E-state index contributed by atoms with van der Waals surface area (Å²) in [4.78, 5) is 14.6. The van der Waals surface area contributed by atoms with Gasteiger partial charge in [0.25, 0.3) is 0 Å². The molecule has 29 heavy (non-hydrogen) atoms. The summed E-state index contributed by atoms with van der Waals surface area (Å²) < 4.78 is 36.7. The number of benzene rings is 1. The quantitative estimate of drug-likeness (QED) is 0.636. The smallest absolute Gasteiger partial charge is 0.236 e. The zero-order valence-corrected chi connectivity index (χ0v) is 15.5. The van der Waals surface area contributed by atoms with Crippen LogP contribution in [0.3, 0.4) is 0 Å². The summed E-state index contributed by atoms with van der Waals surface area (Å²) in [5, 5.41) is 2.97. The average molecular weight is 399 g/mol. The van der Waals surface area contributed by atoms with Crippen molar-refractivity contribution in [3.05, 3.63) is 54.7 Å². The molecule has 4 rings (SSSR count). The van der Waals surface area contributed by atoms with Crippen LogP contribution in [0.5, 0.6) is 5.75 Å². The number of hydrogen-bond donors (Lipinski definition) is 1. The molecule has 1 aliphatic rings. The number of halogens is 2. The van der Waals surface area contributed by atoms with Crippen molar-refractivity contribution in [1.29, 1.82) is 0 Å². The van der Waals surface area contributed by atoms with Crippen LogP contribution in [-0.4, -0.2) is 48.1 Å². The summed E-state index contributed by atoms with van der Waals surface area (Å²) in [6, 6.07) is 10.1. The topological polar surface area (TPSA) is 72.4 Å². The molecule has 1 saturated heterocycles. The first kappa shape index (κ1) is 19.0. The van der Waals surface area contributed by atoms with E-state index in [-0.39, 0.29) is 5.69 Å². The number of pyridine rings is 1. The maximum absolute atomic E-state index is 14.3. The molecule has 0 unspecified atom stereocenters. The minimum Gasteiger partial charge on any atom is -0.463 e. The lowest BCUT2D eigenvalue weighted by molar-refractivity contribution is 0.122. The van der Waals surface area contributed by atoms with Crippen LogP contribution >= 0.6 is 0 Å². The molecule has 2 aromatic heterocycles. The summed E-state index contributed by atoms with van der Waals surface area (Å²) in [6.45, 7) is 1.76. The van der Waals surface area contributed by atoms with Crippen LogP contribution < -0.4 is 15.0 Å². The molecule has 1 fully saturated rings. The molecule has 150 valence electrons. The lowest BCUT2D eigenvalue weighted by Gasteiger charge is -2.26. The van der Waals surface area contributed by atoms with E-state index in [0.717, 1.165) is 5.56 Å². The molecule has 0 atom stereocenters. The first-order valence-corrected chi connectivity index (χ1v) is 9.10. The number of anilines is 3. The van der Waals surface area contributed by atoms with Gasteiger partial charge < -0.3 is 19.7 Å². The number of rotatable bonds is 6.